The second-order valence-electron chi connectivity index (χ2n) is 7.92. The van der Waals surface area contributed by atoms with Gasteiger partial charge in [0.05, 0.1) is 17.9 Å². The zero-order valence-corrected chi connectivity index (χ0v) is 17.8. The molecule has 3 atom stereocenters. The topological polar surface area (TPSA) is 111 Å². The SMILES string of the molecule is C=CC[C@H](C(=O)NO)[C@@H](CC(C)C)C(=O)N[C@@H](CC)C(=O)c1c[nH]c2ccccc12. The van der Waals surface area contributed by atoms with Crippen molar-refractivity contribution in [2.75, 3.05) is 0 Å². The number of carbonyl (C=O) groups is 3. The van der Waals surface area contributed by atoms with E-state index in [0.717, 1.165) is 10.9 Å². The van der Waals surface area contributed by atoms with E-state index >= 15 is 0 Å². The van der Waals surface area contributed by atoms with Gasteiger partial charge in [0, 0.05) is 22.7 Å². The Labute approximate surface area is 176 Å². The van der Waals surface area contributed by atoms with E-state index in [1.807, 2.05) is 45.0 Å². The van der Waals surface area contributed by atoms with Gasteiger partial charge in [-0.1, -0.05) is 45.0 Å². The third-order valence-electron chi connectivity index (χ3n) is 5.31. The molecule has 0 radical (unpaired) electrons. The lowest BCUT2D eigenvalue weighted by Crippen LogP contribution is -2.47. The van der Waals surface area contributed by atoms with Gasteiger partial charge in [-0.2, -0.15) is 0 Å². The number of aromatic amines is 1. The van der Waals surface area contributed by atoms with Crippen molar-refractivity contribution in [2.24, 2.45) is 17.8 Å². The van der Waals surface area contributed by atoms with Gasteiger partial charge in [0.2, 0.25) is 11.8 Å². The number of rotatable bonds is 11. The van der Waals surface area contributed by atoms with Gasteiger partial charge in [-0.3, -0.25) is 19.6 Å². The molecule has 0 saturated heterocycles. The summed E-state index contributed by atoms with van der Waals surface area (Å²) in [5.74, 6) is -2.51. The van der Waals surface area contributed by atoms with Crippen molar-refractivity contribution in [2.45, 2.75) is 46.1 Å². The molecule has 4 N–H and O–H groups in total. The highest BCUT2D eigenvalue weighted by Gasteiger charge is 2.35. The molecule has 2 aromatic rings. The van der Waals surface area contributed by atoms with Crippen LogP contribution in [0, 0.1) is 17.8 Å². The number of allylic oxidation sites excluding steroid dienone is 1. The van der Waals surface area contributed by atoms with Gasteiger partial charge in [0.1, 0.15) is 0 Å². The maximum atomic E-state index is 13.2. The molecule has 1 aromatic carbocycles. The van der Waals surface area contributed by atoms with Gasteiger partial charge in [0.15, 0.2) is 5.78 Å². The second kappa shape index (κ2) is 10.7. The maximum absolute atomic E-state index is 13.2. The molecule has 2 rings (SSSR count). The van der Waals surface area contributed by atoms with Crippen molar-refractivity contribution >= 4 is 28.5 Å². The smallest absolute Gasteiger partial charge is 0.247 e. The van der Waals surface area contributed by atoms with E-state index in [2.05, 4.69) is 16.9 Å². The number of carbonyl (C=O) groups excluding carboxylic acids is 3. The van der Waals surface area contributed by atoms with Crippen molar-refractivity contribution in [1.29, 1.82) is 0 Å². The zero-order chi connectivity index (χ0) is 22.3. The molecule has 0 spiro atoms. The number of H-pyrrole nitrogens is 1. The summed E-state index contributed by atoms with van der Waals surface area (Å²) in [6, 6.07) is 6.78. The quantitative estimate of drug-likeness (QED) is 0.195. The minimum absolute atomic E-state index is 0.143. The average Bonchev–Trinajstić information content (AvgIpc) is 3.17. The number of ketones is 1. The van der Waals surface area contributed by atoms with Crippen LogP contribution in [-0.4, -0.2) is 33.8 Å². The molecule has 1 aromatic heterocycles. The Hall–Kier alpha value is -2.93. The van der Waals surface area contributed by atoms with E-state index in [0.29, 0.717) is 18.4 Å². The predicted octanol–water partition coefficient (Wildman–Crippen LogP) is 3.61. The molecule has 0 aliphatic carbocycles. The fourth-order valence-electron chi connectivity index (χ4n) is 3.77. The largest absolute Gasteiger partial charge is 0.360 e. The third-order valence-corrected chi connectivity index (χ3v) is 5.31. The first-order chi connectivity index (χ1) is 14.3. The van der Waals surface area contributed by atoms with Gasteiger partial charge in [-0.15, -0.1) is 6.58 Å². The lowest BCUT2D eigenvalue weighted by atomic mass is 9.82. The van der Waals surface area contributed by atoms with Crippen LogP contribution >= 0.6 is 0 Å². The fourth-order valence-corrected chi connectivity index (χ4v) is 3.77. The van der Waals surface area contributed by atoms with Crippen LogP contribution in [0.1, 0.15) is 50.4 Å². The molecular weight excluding hydrogens is 382 g/mol. The number of aromatic nitrogens is 1. The van der Waals surface area contributed by atoms with Crippen LogP contribution in [-0.2, 0) is 9.59 Å². The lowest BCUT2D eigenvalue weighted by Gasteiger charge is -2.27. The Morgan fingerprint density at radius 3 is 2.47 bits per heavy atom. The molecule has 7 heteroatoms. The molecule has 1 heterocycles. The monoisotopic (exact) mass is 413 g/mol. The van der Waals surface area contributed by atoms with Crippen molar-refractivity contribution in [3.05, 3.63) is 48.7 Å². The highest BCUT2D eigenvalue weighted by atomic mass is 16.5. The van der Waals surface area contributed by atoms with E-state index in [-0.39, 0.29) is 24.0 Å². The predicted molar refractivity (Wildman–Crippen MR) is 116 cm³/mol. The normalized spacial score (nSPS) is 14.2. The van der Waals surface area contributed by atoms with Gasteiger partial charge in [0.25, 0.3) is 0 Å². The maximum Gasteiger partial charge on any atom is 0.247 e. The van der Waals surface area contributed by atoms with E-state index < -0.39 is 23.8 Å². The first-order valence-electron chi connectivity index (χ1n) is 10.3. The van der Waals surface area contributed by atoms with Crippen LogP contribution in [0.3, 0.4) is 0 Å². The summed E-state index contributed by atoms with van der Waals surface area (Å²) in [4.78, 5) is 41.6. The van der Waals surface area contributed by atoms with Crippen molar-refractivity contribution in [1.82, 2.24) is 15.8 Å². The van der Waals surface area contributed by atoms with Crippen LogP contribution in [0.2, 0.25) is 0 Å². The molecule has 2 amide bonds. The van der Waals surface area contributed by atoms with E-state index in [1.165, 1.54) is 0 Å². The number of hydrogen-bond acceptors (Lipinski definition) is 4. The molecule has 30 heavy (non-hydrogen) atoms. The van der Waals surface area contributed by atoms with Crippen molar-refractivity contribution in [3.63, 3.8) is 0 Å². The highest BCUT2D eigenvalue weighted by Crippen LogP contribution is 2.26. The molecule has 162 valence electrons. The Bertz CT molecular complexity index is 903. The average molecular weight is 414 g/mol. The van der Waals surface area contributed by atoms with Crippen LogP contribution in [0.4, 0.5) is 0 Å². The number of hydrogen-bond donors (Lipinski definition) is 4. The second-order valence-corrected chi connectivity index (χ2v) is 7.92. The third kappa shape index (κ3) is 5.36. The summed E-state index contributed by atoms with van der Waals surface area (Å²) in [7, 11) is 0. The van der Waals surface area contributed by atoms with Crippen LogP contribution in [0.5, 0.6) is 0 Å². The van der Waals surface area contributed by atoms with Crippen LogP contribution < -0.4 is 10.8 Å². The highest BCUT2D eigenvalue weighted by molar-refractivity contribution is 6.11. The molecule has 0 aliphatic heterocycles. The molecule has 0 bridgehead atoms. The number of benzene rings is 1. The first kappa shape index (κ1) is 23.3. The van der Waals surface area contributed by atoms with Gasteiger partial charge >= 0.3 is 0 Å². The standard InChI is InChI=1S/C23H31N3O4/c1-5-9-16(23(29)26-30)17(12-14(3)4)22(28)25-19(6-2)21(27)18-13-24-20-11-8-7-10-15(18)20/h5,7-8,10-11,13-14,16-17,19,24,30H,1,6,9,12H2,2-4H3,(H,25,28)(H,26,29)/t16-,17+,19-/m0/s1. The minimum atomic E-state index is -0.768. The van der Waals surface area contributed by atoms with Gasteiger partial charge in [-0.05, 0) is 31.2 Å². The Morgan fingerprint density at radius 2 is 1.87 bits per heavy atom. The van der Waals surface area contributed by atoms with Crippen molar-refractivity contribution < 1.29 is 19.6 Å². The first-order valence-corrected chi connectivity index (χ1v) is 10.3. The summed E-state index contributed by atoms with van der Waals surface area (Å²) < 4.78 is 0. The van der Waals surface area contributed by atoms with Gasteiger partial charge in [-0.25, -0.2) is 5.48 Å². The Morgan fingerprint density at radius 1 is 1.17 bits per heavy atom. The molecule has 0 unspecified atom stereocenters. The number of para-hydroxylation sites is 1. The molecule has 7 nitrogen and oxygen atoms in total. The summed E-state index contributed by atoms with van der Waals surface area (Å²) >= 11 is 0. The summed E-state index contributed by atoms with van der Waals surface area (Å²) in [6.45, 7) is 9.40. The molecule has 0 aliphatic rings. The number of nitrogens with one attached hydrogen (secondary N) is 3. The van der Waals surface area contributed by atoms with Crippen LogP contribution in [0.25, 0.3) is 10.9 Å². The Balaban J connectivity index is 2.27. The number of Topliss-reactive ketones (excluding diaryl/α,β-unsaturated/α-hetero) is 1. The molecule has 0 saturated carbocycles. The number of amides is 2. The number of fused-ring (bicyclic) bond motifs is 1. The van der Waals surface area contributed by atoms with Crippen molar-refractivity contribution in [3.8, 4) is 0 Å². The molecule has 0 fully saturated rings. The van der Waals surface area contributed by atoms with E-state index in [1.54, 1.807) is 17.8 Å². The summed E-state index contributed by atoms with van der Waals surface area (Å²) in [5.41, 5.74) is 3.03. The van der Waals surface area contributed by atoms with Crippen LogP contribution in [0.15, 0.2) is 43.1 Å². The molecular formula is C23H31N3O4. The Kier molecular flexibility index (Phi) is 8.35. The lowest BCUT2D eigenvalue weighted by molar-refractivity contribution is -0.140. The van der Waals surface area contributed by atoms with E-state index in [4.69, 9.17) is 5.21 Å². The van der Waals surface area contributed by atoms with E-state index in [9.17, 15) is 14.4 Å². The summed E-state index contributed by atoms with van der Waals surface area (Å²) in [6.07, 6.45) is 4.30. The summed E-state index contributed by atoms with van der Waals surface area (Å²) in [5, 5.41) is 12.8. The zero-order valence-electron chi connectivity index (χ0n) is 17.8. The minimum Gasteiger partial charge on any atom is -0.360 e. The fraction of sp³-hybridized carbons (Fsp3) is 0.435. The number of hydroxylamine groups is 1. The van der Waals surface area contributed by atoms with Gasteiger partial charge < -0.3 is 10.3 Å².